The minimum absolute atomic E-state index is 0.0913. The number of hydrogen-bond donors (Lipinski definition) is 1. The second kappa shape index (κ2) is 7.78. The van der Waals surface area contributed by atoms with Gasteiger partial charge in [0, 0.05) is 30.1 Å². The van der Waals surface area contributed by atoms with Crippen molar-refractivity contribution in [2.75, 3.05) is 13.3 Å². The summed E-state index contributed by atoms with van der Waals surface area (Å²) in [5, 5.41) is 0.656. The number of benzene rings is 2. The van der Waals surface area contributed by atoms with Crippen molar-refractivity contribution in [1.82, 2.24) is 14.9 Å². The summed E-state index contributed by atoms with van der Waals surface area (Å²) < 4.78 is 6.00. The third-order valence-corrected chi connectivity index (χ3v) is 5.47. The molecule has 0 unspecified atom stereocenters. The first kappa shape index (κ1) is 18.7. The number of nitrogens with zero attached hydrogens (tertiary/aromatic N) is 2. The molecule has 0 amide bonds. The molecule has 2 aromatic carbocycles. The molecule has 4 rings (SSSR count). The monoisotopic (exact) mass is 395 g/mol. The molecule has 0 aliphatic carbocycles. The van der Waals surface area contributed by atoms with Crippen molar-refractivity contribution in [3.05, 3.63) is 80.2 Å². The molecule has 0 bridgehead atoms. The second-order valence-electron chi connectivity index (χ2n) is 7.12. The molecule has 144 valence electrons. The number of hydrogen-bond acceptors (Lipinski definition) is 4. The van der Waals surface area contributed by atoms with Gasteiger partial charge in [-0.25, -0.2) is 4.98 Å². The lowest BCUT2D eigenvalue weighted by Gasteiger charge is -2.27. The lowest BCUT2D eigenvalue weighted by atomic mass is 10.1. The molecule has 1 aliphatic heterocycles. The van der Waals surface area contributed by atoms with Crippen LogP contribution >= 0.6 is 11.6 Å². The van der Waals surface area contributed by atoms with Crippen LogP contribution in [0.25, 0.3) is 11.4 Å². The van der Waals surface area contributed by atoms with Crippen LogP contribution in [0, 0.1) is 13.8 Å². The van der Waals surface area contributed by atoms with Gasteiger partial charge in [0.05, 0.1) is 11.3 Å². The molecule has 0 radical (unpaired) electrons. The molecule has 2 heterocycles. The summed E-state index contributed by atoms with van der Waals surface area (Å²) in [7, 11) is 0. The molecule has 0 spiro atoms. The first-order valence-electron chi connectivity index (χ1n) is 9.30. The second-order valence-corrected chi connectivity index (χ2v) is 7.56. The first-order chi connectivity index (χ1) is 13.5. The number of ether oxygens (including phenoxy) is 1. The Morgan fingerprint density at radius 3 is 2.75 bits per heavy atom. The maximum atomic E-state index is 12.7. The van der Waals surface area contributed by atoms with Crippen molar-refractivity contribution >= 4 is 11.6 Å². The van der Waals surface area contributed by atoms with Crippen LogP contribution in [0.1, 0.15) is 22.4 Å². The number of H-pyrrole nitrogens is 1. The van der Waals surface area contributed by atoms with Gasteiger partial charge in [-0.05, 0) is 55.3 Å². The fourth-order valence-corrected chi connectivity index (χ4v) is 3.50. The highest BCUT2D eigenvalue weighted by Crippen LogP contribution is 2.23. The zero-order chi connectivity index (χ0) is 19.7. The predicted molar refractivity (Wildman–Crippen MR) is 111 cm³/mol. The van der Waals surface area contributed by atoms with E-state index in [1.807, 2.05) is 24.3 Å². The van der Waals surface area contributed by atoms with E-state index in [9.17, 15) is 4.79 Å². The summed E-state index contributed by atoms with van der Waals surface area (Å²) in [5.41, 5.74) is 4.69. The molecule has 0 atom stereocenters. The van der Waals surface area contributed by atoms with Crippen LogP contribution in [0.15, 0.2) is 47.3 Å². The van der Waals surface area contributed by atoms with Gasteiger partial charge in [0.25, 0.3) is 5.56 Å². The molecular weight excluding hydrogens is 374 g/mol. The third kappa shape index (κ3) is 3.81. The van der Waals surface area contributed by atoms with E-state index in [0.717, 1.165) is 35.5 Å². The van der Waals surface area contributed by atoms with E-state index in [4.69, 9.17) is 16.3 Å². The van der Waals surface area contributed by atoms with Gasteiger partial charge in [-0.15, -0.1) is 0 Å². The minimum Gasteiger partial charge on any atom is -0.478 e. The van der Waals surface area contributed by atoms with Crippen LogP contribution in [-0.2, 0) is 13.0 Å². The molecule has 0 fully saturated rings. The number of aromatic nitrogens is 2. The van der Waals surface area contributed by atoms with Gasteiger partial charge in [-0.3, -0.25) is 9.69 Å². The quantitative estimate of drug-likeness (QED) is 0.722. The molecule has 3 aromatic rings. The Morgan fingerprint density at radius 1 is 1.18 bits per heavy atom. The number of aromatic amines is 1. The van der Waals surface area contributed by atoms with E-state index >= 15 is 0 Å². The molecule has 6 heteroatoms. The molecule has 1 aromatic heterocycles. The molecule has 0 saturated heterocycles. The Morgan fingerprint density at radius 2 is 1.96 bits per heavy atom. The number of aryl methyl sites for hydroxylation is 1. The van der Waals surface area contributed by atoms with Crippen LogP contribution in [0.2, 0.25) is 5.02 Å². The molecular formula is C22H22ClN3O2. The number of halogens is 1. The zero-order valence-corrected chi connectivity index (χ0v) is 16.7. The summed E-state index contributed by atoms with van der Waals surface area (Å²) in [6.45, 7) is 5.91. The summed E-state index contributed by atoms with van der Waals surface area (Å²) in [5.74, 6) is 1.47. The number of rotatable bonds is 4. The molecule has 1 aliphatic rings. The van der Waals surface area contributed by atoms with Crippen LogP contribution in [0.4, 0.5) is 0 Å². The van der Waals surface area contributed by atoms with Gasteiger partial charge >= 0.3 is 0 Å². The summed E-state index contributed by atoms with van der Waals surface area (Å²) in [6.07, 6.45) is 0.718. The topological polar surface area (TPSA) is 58.2 Å². The Labute approximate surface area is 169 Å². The summed E-state index contributed by atoms with van der Waals surface area (Å²) >= 11 is 5.94. The Balaban J connectivity index is 1.50. The number of fused-ring (bicyclic) bond motifs is 1. The van der Waals surface area contributed by atoms with E-state index in [1.54, 1.807) is 12.1 Å². The van der Waals surface area contributed by atoms with Crippen molar-refractivity contribution in [2.24, 2.45) is 0 Å². The average molecular weight is 396 g/mol. The average Bonchev–Trinajstić information content (AvgIpc) is 2.70. The molecule has 0 saturated carbocycles. The predicted octanol–water partition coefficient (Wildman–Crippen LogP) is 4.10. The van der Waals surface area contributed by atoms with E-state index < -0.39 is 0 Å². The van der Waals surface area contributed by atoms with Crippen molar-refractivity contribution in [3.8, 4) is 17.1 Å². The lowest BCUT2D eigenvalue weighted by molar-refractivity contribution is 0.112. The smallest absolute Gasteiger partial charge is 0.255 e. The van der Waals surface area contributed by atoms with Gasteiger partial charge < -0.3 is 9.72 Å². The molecule has 1 N–H and O–H groups in total. The Kier molecular flexibility index (Phi) is 5.20. The van der Waals surface area contributed by atoms with Crippen LogP contribution in [0.3, 0.4) is 0 Å². The molecule has 5 nitrogen and oxygen atoms in total. The highest BCUT2D eigenvalue weighted by Gasteiger charge is 2.22. The SMILES string of the molecule is Cc1cccc(OCN2CCc3nc(-c4ccc(Cl)cc4)[nH]c(=O)c3C2)c1C. The van der Waals surface area contributed by atoms with Gasteiger partial charge in [-0.2, -0.15) is 0 Å². The fourth-order valence-electron chi connectivity index (χ4n) is 3.38. The zero-order valence-electron chi connectivity index (χ0n) is 16.0. The van der Waals surface area contributed by atoms with E-state index in [1.165, 1.54) is 5.56 Å². The van der Waals surface area contributed by atoms with Crippen molar-refractivity contribution in [3.63, 3.8) is 0 Å². The highest BCUT2D eigenvalue weighted by molar-refractivity contribution is 6.30. The third-order valence-electron chi connectivity index (χ3n) is 5.22. The van der Waals surface area contributed by atoms with Crippen LogP contribution in [-0.4, -0.2) is 28.1 Å². The molecule has 28 heavy (non-hydrogen) atoms. The maximum Gasteiger partial charge on any atom is 0.255 e. The number of nitrogens with one attached hydrogen (secondary N) is 1. The Bertz CT molecular complexity index is 1060. The van der Waals surface area contributed by atoms with Gasteiger partial charge in [0.1, 0.15) is 18.3 Å². The van der Waals surface area contributed by atoms with E-state index in [0.29, 0.717) is 29.7 Å². The standard InChI is InChI=1S/C22H22ClN3O2/c1-14-4-3-5-20(15(14)2)28-13-26-11-10-19-18(12-26)22(27)25-21(24-19)16-6-8-17(23)9-7-16/h3-9H,10-13H2,1-2H3,(H,24,25,27). The van der Waals surface area contributed by atoms with Crippen LogP contribution < -0.4 is 10.3 Å². The van der Waals surface area contributed by atoms with Crippen LogP contribution in [0.5, 0.6) is 5.75 Å². The Hall–Kier alpha value is -2.63. The fraction of sp³-hybridized carbons (Fsp3) is 0.273. The largest absolute Gasteiger partial charge is 0.478 e. The first-order valence-corrected chi connectivity index (χ1v) is 9.68. The maximum absolute atomic E-state index is 12.7. The minimum atomic E-state index is -0.0913. The normalized spacial score (nSPS) is 14.0. The summed E-state index contributed by atoms with van der Waals surface area (Å²) in [4.78, 5) is 22.4. The lowest BCUT2D eigenvalue weighted by Crippen LogP contribution is -2.38. The summed E-state index contributed by atoms with van der Waals surface area (Å²) in [6, 6.07) is 13.4. The van der Waals surface area contributed by atoms with Crippen molar-refractivity contribution in [1.29, 1.82) is 0 Å². The van der Waals surface area contributed by atoms with E-state index in [-0.39, 0.29) is 5.56 Å². The highest BCUT2D eigenvalue weighted by atomic mass is 35.5. The van der Waals surface area contributed by atoms with E-state index in [2.05, 4.69) is 34.8 Å². The van der Waals surface area contributed by atoms with Gasteiger partial charge in [0.15, 0.2) is 0 Å². The van der Waals surface area contributed by atoms with Crippen molar-refractivity contribution in [2.45, 2.75) is 26.8 Å². The van der Waals surface area contributed by atoms with Crippen molar-refractivity contribution < 1.29 is 4.74 Å². The van der Waals surface area contributed by atoms with Gasteiger partial charge in [-0.1, -0.05) is 23.7 Å². The van der Waals surface area contributed by atoms with Gasteiger partial charge in [0.2, 0.25) is 0 Å².